The number of carbonyl (C=O) groups is 1. The zero-order valence-electron chi connectivity index (χ0n) is 18.8. The molecule has 4 N–H and O–H groups in total. The summed E-state index contributed by atoms with van der Waals surface area (Å²) in [5.74, 6) is -1.09. The second-order valence-corrected chi connectivity index (χ2v) is 8.14. The summed E-state index contributed by atoms with van der Waals surface area (Å²) in [7, 11) is 0. The number of benzene rings is 1. The van der Waals surface area contributed by atoms with Gasteiger partial charge in [-0.05, 0) is 36.8 Å². The van der Waals surface area contributed by atoms with Crippen molar-refractivity contribution in [2.75, 3.05) is 11.9 Å². The van der Waals surface area contributed by atoms with Crippen LogP contribution in [-0.2, 0) is 17.4 Å². The van der Waals surface area contributed by atoms with Crippen LogP contribution in [0.25, 0.3) is 38.8 Å². The molecule has 0 atom stereocenters. The number of aromatic amines is 1. The van der Waals surface area contributed by atoms with Gasteiger partial charge in [0.15, 0.2) is 5.69 Å². The number of nitrogens with two attached hydrogens (primary N) is 1. The highest BCUT2D eigenvalue weighted by Gasteiger charge is 2.34. The van der Waals surface area contributed by atoms with E-state index < -0.39 is 23.6 Å². The van der Waals surface area contributed by atoms with Gasteiger partial charge in [0.1, 0.15) is 11.5 Å². The highest BCUT2D eigenvalue weighted by Crippen LogP contribution is 2.39. The summed E-state index contributed by atoms with van der Waals surface area (Å²) in [5.41, 5.74) is 7.20. The molecule has 0 saturated heterocycles. The number of nitrogens with one attached hydrogen (secondary N) is 2. The maximum atomic E-state index is 14.6. The first-order chi connectivity index (χ1) is 17.2. The standard InChI is InChI=1S/C24H19F4N7O/c1-2-31-17-8-14(25)7-15-20-22(35-4-3-18(34-35)24(26,27)28)16(11-32-23(20)33-21(15)17)13-5-12(6-19(29)36)9-30-10-13/h3-5,7-11,31H,2,6H2,1H3,(H2,29,36)(H,32,33). The van der Waals surface area contributed by atoms with Crippen molar-refractivity contribution in [3.05, 3.63) is 66.1 Å². The number of nitrogens with zero attached hydrogens (tertiary/aromatic N) is 4. The minimum Gasteiger partial charge on any atom is -0.384 e. The van der Waals surface area contributed by atoms with E-state index in [-0.39, 0.29) is 12.1 Å². The van der Waals surface area contributed by atoms with E-state index in [4.69, 9.17) is 5.73 Å². The third-order valence-corrected chi connectivity index (χ3v) is 5.63. The SMILES string of the molecule is CCNc1cc(F)cc2c1[nH]c1ncc(-c3cncc(CC(N)=O)c3)c(-n3ccc(C(F)(F)F)n3)c12. The summed E-state index contributed by atoms with van der Waals surface area (Å²) in [5, 5.41) is 7.64. The van der Waals surface area contributed by atoms with E-state index in [1.54, 1.807) is 6.07 Å². The monoisotopic (exact) mass is 497 g/mol. The van der Waals surface area contributed by atoms with Gasteiger partial charge in [-0.15, -0.1) is 0 Å². The van der Waals surface area contributed by atoms with E-state index in [2.05, 4.69) is 25.4 Å². The third kappa shape index (κ3) is 4.10. The summed E-state index contributed by atoms with van der Waals surface area (Å²) in [6.45, 7) is 2.38. The number of hydrogen-bond acceptors (Lipinski definition) is 5. The van der Waals surface area contributed by atoms with E-state index in [1.165, 1.54) is 36.9 Å². The smallest absolute Gasteiger partial charge is 0.384 e. The molecular weight excluding hydrogens is 478 g/mol. The highest BCUT2D eigenvalue weighted by molar-refractivity contribution is 6.15. The Morgan fingerprint density at radius 1 is 1.19 bits per heavy atom. The van der Waals surface area contributed by atoms with Crippen molar-refractivity contribution in [1.29, 1.82) is 0 Å². The highest BCUT2D eigenvalue weighted by atomic mass is 19.4. The summed E-state index contributed by atoms with van der Waals surface area (Å²) in [6, 6.07) is 5.13. The number of aromatic nitrogens is 5. The molecule has 0 unspecified atom stereocenters. The number of pyridine rings is 2. The molecule has 0 radical (unpaired) electrons. The Morgan fingerprint density at radius 3 is 2.69 bits per heavy atom. The maximum Gasteiger partial charge on any atom is 0.435 e. The Morgan fingerprint density at radius 2 is 2.00 bits per heavy atom. The Hall–Kier alpha value is -4.48. The molecule has 36 heavy (non-hydrogen) atoms. The van der Waals surface area contributed by atoms with Gasteiger partial charge in [0.25, 0.3) is 0 Å². The van der Waals surface area contributed by atoms with Crippen LogP contribution in [0.15, 0.2) is 49.1 Å². The van der Waals surface area contributed by atoms with Crippen LogP contribution in [0.1, 0.15) is 18.2 Å². The van der Waals surface area contributed by atoms with Crippen molar-refractivity contribution in [2.45, 2.75) is 19.5 Å². The number of amides is 1. The Labute approximate surface area is 201 Å². The van der Waals surface area contributed by atoms with Crippen molar-refractivity contribution in [1.82, 2.24) is 24.7 Å². The van der Waals surface area contributed by atoms with E-state index in [1.807, 2.05) is 6.92 Å². The minimum atomic E-state index is -4.66. The molecule has 0 aliphatic heterocycles. The lowest BCUT2D eigenvalue weighted by Crippen LogP contribution is -2.13. The van der Waals surface area contributed by atoms with Crippen LogP contribution >= 0.6 is 0 Å². The summed E-state index contributed by atoms with van der Waals surface area (Å²) in [6.07, 6.45) is 0.881. The number of rotatable bonds is 6. The van der Waals surface area contributed by atoms with Crippen LogP contribution in [0, 0.1) is 5.82 Å². The zero-order valence-corrected chi connectivity index (χ0v) is 18.8. The summed E-state index contributed by atoms with van der Waals surface area (Å²) < 4.78 is 55.9. The van der Waals surface area contributed by atoms with Gasteiger partial charge in [0.05, 0.1) is 28.7 Å². The summed E-state index contributed by atoms with van der Waals surface area (Å²) in [4.78, 5) is 23.2. The minimum absolute atomic E-state index is 0.0732. The van der Waals surface area contributed by atoms with Crippen LogP contribution in [0.4, 0.5) is 23.2 Å². The first kappa shape index (κ1) is 23.3. The Kier molecular flexibility index (Phi) is 5.58. The van der Waals surface area contributed by atoms with E-state index in [0.717, 1.165) is 10.7 Å². The molecule has 4 aromatic heterocycles. The quantitative estimate of drug-likeness (QED) is 0.297. The van der Waals surface area contributed by atoms with E-state index in [0.29, 0.717) is 50.9 Å². The van der Waals surface area contributed by atoms with Crippen molar-refractivity contribution in [3.63, 3.8) is 0 Å². The van der Waals surface area contributed by atoms with Crippen LogP contribution in [0.2, 0.25) is 0 Å². The number of anilines is 1. The molecule has 0 fully saturated rings. The molecule has 8 nitrogen and oxygen atoms in total. The van der Waals surface area contributed by atoms with Gasteiger partial charge in [0, 0.05) is 47.8 Å². The molecular formula is C24H19F4N7O. The number of halogens is 4. The number of alkyl halides is 3. The van der Waals surface area contributed by atoms with E-state index in [9.17, 15) is 22.4 Å². The maximum absolute atomic E-state index is 14.6. The number of hydrogen-bond donors (Lipinski definition) is 3. The normalized spacial score (nSPS) is 11.9. The van der Waals surface area contributed by atoms with Gasteiger partial charge in [-0.1, -0.05) is 0 Å². The first-order valence-electron chi connectivity index (χ1n) is 10.9. The van der Waals surface area contributed by atoms with Gasteiger partial charge in [-0.2, -0.15) is 18.3 Å². The van der Waals surface area contributed by atoms with Crippen molar-refractivity contribution in [3.8, 4) is 16.8 Å². The molecule has 0 aliphatic rings. The van der Waals surface area contributed by atoms with Gasteiger partial charge >= 0.3 is 6.18 Å². The predicted octanol–water partition coefficient (Wildman–Crippen LogP) is 4.58. The average molecular weight is 497 g/mol. The lowest BCUT2D eigenvalue weighted by Gasteiger charge is -2.13. The van der Waals surface area contributed by atoms with Crippen LogP contribution < -0.4 is 11.1 Å². The molecule has 12 heteroatoms. The number of fused-ring (bicyclic) bond motifs is 3. The first-order valence-corrected chi connectivity index (χ1v) is 10.9. The molecule has 0 saturated carbocycles. The van der Waals surface area contributed by atoms with Gasteiger partial charge in [-0.3, -0.25) is 9.78 Å². The third-order valence-electron chi connectivity index (χ3n) is 5.63. The molecule has 4 heterocycles. The topological polar surface area (TPSA) is 115 Å². The Balaban J connectivity index is 1.86. The fraction of sp³-hybridized carbons (Fsp3) is 0.167. The molecule has 0 aliphatic carbocycles. The lowest BCUT2D eigenvalue weighted by molar-refractivity contribution is -0.141. The van der Waals surface area contributed by atoms with Gasteiger partial charge in [-0.25, -0.2) is 14.1 Å². The number of H-pyrrole nitrogens is 1. The fourth-order valence-corrected chi connectivity index (χ4v) is 4.22. The molecule has 5 rings (SSSR count). The van der Waals surface area contributed by atoms with Gasteiger partial charge < -0.3 is 16.0 Å². The number of carbonyl (C=O) groups excluding carboxylic acids is 1. The van der Waals surface area contributed by atoms with Crippen molar-refractivity contribution >= 4 is 33.5 Å². The van der Waals surface area contributed by atoms with Crippen LogP contribution in [0.5, 0.6) is 0 Å². The number of primary amides is 1. The van der Waals surface area contributed by atoms with Crippen molar-refractivity contribution < 1.29 is 22.4 Å². The predicted molar refractivity (Wildman–Crippen MR) is 126 cm³/mol. The molecule has 0 bridgehead atoms. The average Bonchev–Trinajstić information content (AvgIpc) is 3.44. The van der Waals surface area contributed by atoms with Crippen LogP contribution in [-0.4, -0.2) is 37.2 Å². The molecule has 184 valence electrons. The second kappa shape index (κ2) is 8.63. The molecule has 0 spiro atoms. The zero-order chi connectivity index (χ0) is 25.6. The second-order valence-electron chi connectivity index (χ2n) is 8.14. The summed E-state index contributed by atoms with van der Waals surface area (Å²) >= 11 is 0. The van der Waals surface area contributed by atoms with Crippen LogP contribution in [0.3, 0.4) is 0 Å². The Bertz CT molecular complexity index is 1620. The molecule has 1 amide bonds. The molecule has 1 aromatic carbocycles. The van der Waals surface area contributed by atoms with Crippen molar-refractivity contribution in [2.24, 2.45) is 5.73 Å². The fourth-order valence-electron chi connectivity index (χ4n) is 4.22. The van der Waals surface area contributed by atoms with Gasteiger partial charge in [0.2, 0.25) is 5.91 Å². The lowest BCUT2D eigenvalue weighted by atomic mass is 10.0. The molecule has 5 aromatic rings. The van der Waals surface area contributed by atoms with E-state index >= 15 is 0 Å². The largest absolute Gasteiger partial charge is 0.435 e.